The molecule has 0 aromatic heterocycles. The molecular weight excluding hydrogens is 166 g/mol. The van der Waals surface area contributed by atoms with Gasteiger partial charge in [0.2, 0.25) is 0 Å². The fourth-order valence-electron chi connectivity index (χ4n) is 1.45. The summed E-state index contributed by atoms with van der Waals surface area (Å²) in [4.78, 5) is 10.9. The number of hydrogen-bond donors (Lipinski definition) is 2. The van der Waals surface area contributed by atoms with Crippen LogP contribution in [0.2, 0.25) is 0 Å². The largest absolute Gasteiger partial charge is 0.480 e. The second-order valence-electron chi connectivity index (χ2n) is 3.90. The van der Waals surface area contributed by atoms with Gasteiger partial charge in [0, 0.05) is 6.54 Å². The molecule has 3 heteroatoms. The summed E-state index contributed by atoms with van der Waals surface area (Å²) in [7, 11) is 0. The molecule has 1 fully saturated rings. The van der Waals surface area contributed by atoms with E-state index in [1.165, 1.54) is 5.57 Å². The van der Waals surface area contributed by atoms with Crippen LogP contribution in [0.4, 0.5) is 0 Å². The van der Waals surface area contributed by atoms with Gasteiger partial charge in [0.1, 0.15) is 5.54 Å². The van der Waals surface area contributed by atoms with E-state index in [0.717, 1.165) is 19.3 Å². The summed E-state index contributed by atoms with van der Waals surface area (Å²) in [6.07, 6.45) is 4.56. The van der Waals surface area contributed by atoms with Gasteiger partial charge in [-0.2, -0.15) is 0 Å². The molecule has 0 aromatic carbocycles. The van der Waals surface area contributed by atoms with Crippen LogP contribution in [-0.2, 0) is 4.79 Å². The topological polar surface area (TPSA) is 49.3 Å². The Bertz CT molecular complexity index is 225. The molecule has 1 aliphatic carbocycles. The van der Waals surface area contributed by atoms with Crippen LogP contribution in [-0.4, -0.2) is 23.2 Å². The summed E-state index contributed by atoms with van der Waals surface area (Å²) in [6.45, 7) is 4.68. The Kier molecular flexibility index (Phi) is 3.09. The van der Waals surface area contributed by atoms with Crippen molar-refractivity contribution in [1.29, 1.82) is 0 Å². The lowest BCUT2D eigenvalue weighted by Crippen LogP contribution is -2.57. The maximum atomic E-state index is 10.9. The molecule has 1 aliphatic rings. The van der Waals surface area contributed by atoms with Crippen LogP contribution in [0.25, 0.3) is 0 Å². The van der Waals surface area contributed by atoms with Crippen LogP contribution >= 0.6 is 0 Å². The number of carboxylic acids is 1. The summed E-state index contributed by atoms with van der Waals surface area (Å²) >= 11 is 0. The summed E-state index contributed by atoms with van der Waals surface area (Å²) in [5.41, 5.74) is 0.596. The number of nitrogens with one attached hydrogen (secondary N) is 1. The third-order valence-corrected chi connectivity index (χ3v) is 2.57. The highest BCUT2D eigenvalue weighted by Gasteiger charge is 2.43. The van der Waals surface area contributed by atoms with Crippen molar-refractivity contribution in [3.8, 4) is 0 Å². The van der Waals surface area contributed by atoms with Crippen molar-refractivity contribution >= 4 is 5.97 Å². The highest BCUT2D eigenvalue weighted by molar-refractivity contribution is 5.80. The predicted octanol–water partition coefficient (Wildman–Crippen LogP) is 1.55. The van der Waals surface area contributed by atoms with Crippen LogP contribution < -0.4 is 5.32 Å². The SMILES string of the molecule is CC(C)=CCNC1(C(=O)O)CCC1. The second kappa shape index (κ2) is 3.92. The molecule has 1 rings (SSSR count). The minimum absolute atomic E-state index is 0.619. The summed E-state index contributed by atoms with van der Waals surface area (Å²) in [5, 5.41) is 12.1. The average molecular weight is 183 g/mol. The lowest BCUT2D eigenvalue weighted by molar-refractivity contribution is -0.148. The van der Waals surface area contributed by atoms with E-state index < -0.39 is 11.5 Å². The van der Waals surface area contributed by atoms with Crippen molar-refractivity contribution in [2.24, 2.45) is 0 Å². The molecule has 0 saturated heterocycles. The van der Waals surface area contributed by atoms with Crippen molar-refractivity contribution in [3.63, 3.8) is 0 Å². The Morgan fingerprint density at radius 2 is 2.15 bits per heavy atom. The number of carbonyl (C=O) groups is 1. The van der Waals surface area contributed by atoms with Gasteiger partial charge in [-0.1, -0.05) is 11.6 Å². The van der Waals surface area contributed by atoms with E-state index in [2.05, 4.69) is 5.32 Å². The van der Waals surface area contributed by atoms with Gasteiger partial charge in [-0.25, -0.2) is 0 Å². The summed E-state index contributed by atoms with van der Waals surface area (Å²) in [6, 6.07) is 0. The molecule has 0 amide bonds. The van der Waals surface area contributed by atoms with E-state index in [9.17, 15) is 4.79 Å². The molecule has 13 heavy (non-hydrogen) atoms. The van der Waals surface area contributed by atoms with E-state index in [1.54, 1.807) is 0 Å². The van der Waals surface area contributed by atoms with Crippen molar-refractivity contribution in [2.45, 2.75) is 38.6 Å². The number of allylic oxidation sites excluding steroid dienone is 1. The molecule has 0 spiro atoms. The molecule has 0 unspecified atom stereocenters. The average Bonchev–Trinajstić information content (AvgIpc) is 1.93. The van der Waals surface area contributed by atoms with Gasteiger partial charge in [0.05, 0.1) is 0 Å². The fourth-order valence-corrected chi connectivity index (χ4v) is 1.45. The quantitative estimate of drug-likeness (QED) is 0.650. The first-order chi connectivity index (χ1) is 6.07. The third-order valence-electron chi connectivity index (χ3n) is 2.57. The van der Waals surface area contributed by atoms with Gasteiger partial charge in [-0.05, 0) is 33.1 Å². The number of hydrogen-bond acceptors (Lipinski definition) is 2. The minimum atomic E-state index is -0.707. The smallest absolute Gasteiger partial charge is 0.323 e. The highest BCUT2D eigenvalue weighted by atomic mass is 16.4. The van der Waals surface area contributed by atoms with E-state index in [0.29, 0.717) is 6.54 Å². The van der Waals surface area contributed by atoms with Crippen LogP contribution in [0, 0.1) is 0 Å². The van der Waals surface area contributed by atoms with Crippen LogP contribution in [0.15, 0.2) is 11.6 Å². The molecule has 0 heterocycles. The van der Waals surface area contributed by atoms with Crippen molar-refractivity contribution in [3.05, 3.63) is 11.6 Å². The Balaban J connectivity index is 2.41. The maximum absolute atomic E-state index is 10.9. The zero-order chi connectivity index (χ0) is 9.90. The van der Waals surface area contributed by atoms with Gasteiger partial charge in [0.15, 0.2) is 0 Å². The first-order valence-electron chi connectivity index (χ1n) is 4.69. The Morgan fingerprint density at radius 1 is 1.54 bits per heavy atom. The summed E-state index contributed by atoms with van der Waals surface area (Å²) in [5.74, 6) is -0.707. The van der Waals surface area contributed by atoms with Crippen molar-refractivity contribution in [2.75, 3.05) is 6.54 Å². The maximum Gasteiger partial charge on any atom is 0.323 e. The molecule has 0 aromatic rings. The molecule has 0 bridgehead atoms. The van der Waals surface area contributed by atoms with Gasteiger partial charge in [-0.3, -0.25) is 10.1 Å². The van der Waals surface area contributed by atoms with E-state index in [1.807, 2.05) is 19.9 Å². The third kappa shape index (κ3) is 2.31. The first kappa shape index (κ1) is 10.3. The normalized spacial score (nSPS) is 18.9. The molecule has 1 saturated carbocycles. The fraction of sp³-hybridized carbons (Fsp3) is 0.700. The Labute approximate surface area is 78.8 Å². The predicted molar refractivity (Wildman–Crippen MR) is 51.7 cm³/mol. The zero-order valence-electron chi connectivity index (χ0n) is 8.26. The number of aliphatic carboxylic acids is 1. The van der Waals surface area contributed by atoms with Gasteiger partial charge in [-0.15, -0.1) is 0 Å². The minimum Gasteiger partial charge on any atom is -0.480 e. The number of rotatable bonds is 4. The molecule has 74 valence electrons. The monoisotopic (exact) mass is 183 g/mol. The Morgan fingerprint density at radius 3 is 2.46 bits per heavy atom. The van der Waals surface area contributed by atoms with Gasteiger partial charge >= 0.3 is 5.97 Å². The number of carboxylic acid groups (broad SMARTS) is 1. The van der Waals surface area contributed by atoms with E-state index in [4.69, 9.17) is 5.11 Å². The molecule has 2 N–H and O–H groups in total. The van der Waals surface area contributed by atoms with E-state index in [-0.39, 0.29) is 0 Å². The molecular formula is C10H17NO2. The van der Waals surface area contributed by atoms with Crippen LogP contribution in [0.5, 0.6) is 0 Å². The van der Waals surface area contributed by atoms with Crippen molar-refractivity contribution in [1.82, 2.24) is 5.32 Å². The van der Waals surface area contributed by atoms with E-state index >= 15 is 0 Å². The molecule has 3 nitrogen and oxygen atoms in total. The zero-order valence-corrected chi connectivity index (χ0v) is 8.26. The summed E-state index contributed by atoms with van der Waals surface area (Å²) < 4.78 is 0. The van der Waals surface area contributed by atoms with Crippen LogP contribution in [0.1, 0.15) is 33.1 Å². The van der Waals surface area contributed by atoms with Gasteiger partial charge in [0.25, 0.3) is 0 Å². The first-order valence-corrected chi connectivity index (χ1v) is 4.69. The standard InChI is InChI=1S/C10H17NO2/c1-8(2)4-7-11-10(9(12)13)5-3-6-10/h4,11H,3,5-7H2,1-2H3,(H,12,13). The molecule has 0 radical (unpaired) electrons. The molecule has 0 aliphatic heterocycles. The van der Waals surface area contributed by atoms with Gasteiger partial charge < -0.3 is 5.11 Å². The van der Waals surface area contributed by atoms with Crippen molar-refractivity contribution < 1.29 is 9.90 Å². The Hall–Kier alpha value is -0.830. The van der Waals surface area contributed by atoms with Crippen LogP contribution in [0.3, 0.4) is 0 Å². The molecule has 0 atom stereocenters. The lowest BCUT2D eigenvalue weighted by atomic mass is 9.77. The lowest BCUT2D eigenvalue weighted by Gasteiger charge is -2.38. The second-order valence-corrected chi connectivity index (χ2v) is 3.90. The highest BCUT2D eigenvalue weighted by Crippen LogP contribution is 2.31.